The third-order valence-electron chi connectivity index (χ3n) is 2.57. The second kappa shape index (κ2) is 5.17. The molecule has 0 aromatic carbocycles. The van der Waals surface area contributed by atoms with E-state index >= 15 is 0 Å². The van der Waals surface area contributed by atoms with Crippen molar-refractivity contribution in [3.05, 3.63) is 9.93 Å². The Morgan fingerprint density at radius 2 is 2.12 bits per heavy atom. The van der Waals surface area contributed by atoms with Crippen LogP contribution < -0.4 is 0 Å². The Morgan fingerprint density at radius 3 is 2.65 bits per heavy atom. The van der Waals surface area contributed by atoms with Crippen LogP contribution in [0.3, 0.4) is 0 Å². The van der Waals surface area contributed by atoms with Crippen LogP contribution in [0.1, 0.15) is 6.42 Å². The van der Waals surface area contributed by atoms with Crippen molar-refractivity contribution in [3.8, 4) is 0 Å². The lowest BCUT2D eigenvalue weighted by Crippen LogP contribution is -2.40. The minimum absolute atomic E-state index is 0.00116. The molecule has 0 aromatic heterocycles. The maximum Gasteiger partial charge on any atom is 0.283 e. The number of nitrogens with zero attached hydrogens (tertiary/aromatic N) is 3. The van der Waals surface area contributed by atoms with Crippen LogP contribution >= 0.6 is 35.7 Å². The summed E-state index contributed by atoms with van der Waals surface area (Å²) in [7, 11) is 5.69. The van der Waals surface area contributed by atoms with Crippen LogP contribution in [0.25, 0.3) is 0 Å². The second-order valence-corrected chi connectivity index (χ2v) is 6.82. The highest BCUT2D eigenvalue weighted by molar-refractivity contribution is 8.27. The van der Waals surface area contributed by atoms with Gasteiger partial charge in [-0.25, -0.2) is 10.0 Å². The lowest BCUT2D eigenvalue weighted by molar-refractivity contribution is -0.130. The molecule has 2 heterocycles. The van der Waals surface area contributed by atoms with Gasteiger partial charge in [-0.1, -0.05) is 24.0 Å². The monoisotopic (exact) mass is 289 g/mol. The lowest BCUT2D eigenvalue weighted by Gasteiger charge is -2.28. The van der Waals surface area contributed by atoms with Gasteiger partial charge in [0.2, 0.25) is 0 Å². The van der Waals surface area contributed by atoms with Crippen LogP contribution in [0, 0.1) is 0 Å². The average Bonchev–Trinajstić information content (AvgIpc) is 2.55. The van der Waals surface area contributed by atoms with Gasteiger partial charge in [0, 0.05) is 33.4 Å². The first-order valence-corrected chi connectivity index (χ1v) is 7.55. The molecular formula is C10H15N3OS3. The molecule has 2 aliphatic rings. The van der Waals surface area contributed by atoms with Crippen molar-refractivity contribution in [2.75, 3.05) is 33.4 Å². The van der Waals surface area contributed by atoms with E-state index in [0.717, 1.165) is 22.2 Å². The molecule has 17 heavy (non-hydrogen) atoms. The Kier molecular flexibility index (Phi) is 4.02. The van der Waals surface area contributed by atoms with Crippen molar-refractivity contribution in [2.45, 2.75) is 6.42 Å². The van der Waals surface area contributed by atoms with Gasteiger partial charge in [0.1, 0.15) is 4.91 Å². The first-order valence-electron chi connectivity index (χ1n) is 5.34. The maximum absolute atomic E-state index is 12.3. The number of amides is 1. The summed E-state index contributed by atoms with van der Waals surface area (Å²) < 4.78 is 0.613. The summed E-state index contributed by atoms with van der Waals surface area (Å²) in [6.07, 6.45) is 1.17. The first kappa shape index (κ1) is 13.2. The number of thiocarbonyl (C=S) groups is 1. The van der Waals surface area contributed by atoms with Crippen LogP contribution in [0.15, 0.2) is 9.93 Å². The van der Waals surface area contributed by atoms with Gasteiger partial charge in [-0.2, -0.15) is 0 Å². The molecule has 2 aliphatic heterocycles. The van der Waals surface area contributed by atoms with Crippen molar-refractivity contribution < 1.29 is 4.79 Å². The molecule has 0 unspecified atom stereocenters. The molecule has 2 fully saturated rings. The van der Waals surface area contributed by atoms with Crippen LogP contribution in [0.4, 0.5) is 0 Å². The van der Waals surface area contributed by atoms with Crippen LogP contribution in [-0.2, 0) is 4.79 Å². The topological polar surface area (TPSA) is 26.8 Å². The van der Waals surface area contributed by atoms with Crippen molar-refractivity contribution in [1.29, 1.82) is 0 Å². The Morgan fingerprint density at radius 1 is 1.41 bits per heavy atom. The zero-order valence-electron chi connectivity index (χ0n) is 10.1. The molecule has 1 amide bonds. The Bertz CT molecular complexity index is 394. The molecule has 0 atom stereocenters. The summed E-state index contributed by atoms with van der Waals surface area (Å²) >= 11 is 8.39. The molecule has 2 saturated heterocycles. The largest absolute Gasteiger partial charge is 0.368 e. The lowest BCUT2D eigenvalue weighted by atomic mass is 10.4. The van der Waals surface area contributed by atoms with Crippen molar-refractivity contribution in [3.63, 3.8) is 0 Å². The molecule has 0 aliphatic carbocycles. The molecule has 0 bridgehead atoms. The van der Waals surface area contributed by atoms with Crippen molar-refractivity contribution >= 4 is 46.0 Å². The van der Waals surface area contributed by atoms with Gasteiger partial charge in [-0.3, -0.25) is 4.79 Å². The average molecular weight is 289 g/mol. The number of hydrogen-bond donors (Lipinski definition) is 0. The molecule has 94 valence electrons. The molecule has 7 heteroatoms. The zero-order chi connectivity index (χ0) is 12.6. The standard InChI is InChI=1S/C10H15N3OS3/c1-11(2)13-8(14)7(17-10(13)15)9-12(3)5-4-6-16-9/h4-6H2,1-3H3/b9-7-. The van der Waals surface area contributed by atoms with Gasteiger partial charge < -0.3 is 4.90 Å². The summed E-state index contributed by atoms with van der Waals surface area (Å²) in [6, 6.07) is 0. The Balaban J connectivity index is 2.31. The highest BCUT2D eigenvalue weighted by Gasteiger charge is 2.37. The van der Waals surface area contributed by atoms with E-state index in [4.69, 9.17) is 12.2 Å². The zero-order valence-corrected chi connectivity index (χ0v) is 12.5. The van der Waals surface area contributed by atoms with Crippen molar-refractivity contribution in [2.24, 2.45) is 0 Å². The Labute approximate surface area is 115 Å². The van der Waals surface area contributed by atoms with E-state index in [9.17, 15) is 4.79 Å². The predicted octanol–water partition coefficient (Wildman–Crippen LogP) is 1.56. The van der Waals surface area contributed by atoms with Gasteiger partial charge in [-0.15, -0.1) is 11.8 Å². The second-order valence-electron chi connectivity index (χ2n) is 4.09. The van der Waals surface area contributed by atoms with E-state index in [1.165, 1.54) is 18.2 Å². The number of carbonyl (C=O) groups excluding carboxylic acids is 1. The highest BCUT2D eigenvalue weighted by Crippen LogP contribution is 2.39. The van der Waals surface area contributed by atoms with Gasteiger partial charge in [0.05, 0.1) is 5.03 Å². The van der Waals surface area contributed by atoms with E-state index in [1.807, 2.05) is 21.1 Å². The van der Waals surface area contributed by atoms with E-state index in [1.54, 1.807) is 21.8 Å². The van der Waals surface area contributed by atoms with Crippen LogP contribution in [0.5, 0.6) is 0 Å². The van der Waals surface area contributed by atoms with Gasteiger partial charge in [0.25, 0.3) is 5.91 Å². The quantitative estimate of drug-likeness (QED) is 0.537. The number of thioether (sulfide) groups is 2. The summed E-state index contributed by atoms with van der Waals surface area (Å²) in [5, 5.41) is 4.35. The molecule has 2 rings (SSSR count). The Hall–Kier alpha value is -0.240. The fourth-order valence-electron chi connectivity index (χ4n) is 1.75. The molecule has 4 nitrogen and oxygen atoms in total. The smallest absolute Gasteiger partial charge is 0.283 e. The number of rotatable bonds is 1. The first-order chi connectivity index (χ1) is 8.02. The number of carbonyl (C=O) groups is 1. The summed E-state index contributed by atoms with van der Waals surface area (Å²) in [6.45, 7) is 1.01. The number of hydrazine groups is 1. The highest BCUT2D eigenvalue weighted by atomic mass is 32.2. The van der Waals surface area contributed by atoms with Gasteiger partial charge in [0.15, 0.2) is 4.32 Å². The molecule has 0 spiro atoms. The summed E-state index contributed by atoms with van der Waals surface area (Å²) in [4.78, 5) is 15.2. The fraction of sp³-hybridized carbons (Fsp3) is 0.600. The van der Waals surface area contributed by atoms with Crippen LogP contribution in [0.2, 0.25) is 0 Å². The number of hydrogen-bond acceptors (Lipinski definition) is 6. The van der Waals surface area contributed by atoms with E-state index < -0.39 is 0 Å². The molecule has 0 N–H and O–H groups in total. The molecule has 0 radical (unpaired) electrons. The fourth-order valence-corrected chi connectivity index (χ4v) is 4.47. The predicted molar refractivity (Wildman–Crippen MR) is 77.5 cm³/mol. The minimum atomic E-state index is 0.00116. The molecule has 0 aromatic rings. The van der Waals surface area contributed by atoms with Crippen LogP contribution in [-0.4, -0.2) is 58.6 Å². The summed E-state index contributed by atoms with van der Waals surface area (Å²) in [5.74, 6) is 1.08. The molecule has 0 saturated carbocycles. The third kappa shape index (κ3) is 2.47. The van der Waals surface area contributed by atoms with Gasteiger partial charge in [-0.05, 0) is 6.42 Å². The SMILES string of the molecule is CN1CCCS/C1=C1\SC(=S)N(N(C)C)C1=O. The third-order valence-corrected chi connectivity index (χ3v) is 5.32. The summed E-state index contributed by atoms with van der Waals surface area (Å²) in [5.41, 5.74) is 0. The van der Waals surface area contributed by atoms with E-state index in [-0.39, 0.29) is 5.91 Å². The minimum Gasteiger partial charge on any atom is -0.368 e. The maximum atomic E-state index is 12.3. The molecular weight excluding hydrogens is 274 g/mol. The normalized spacial score (nSPS) is 26.4. The van der Waals surface area contributed by atoms with E-state index in [2.05, 4.69) is 4.90 Å². The van der Waals surface area contributed by atoms with E-state index in [0.29, 0.717) is 4.32 Å². The van der Waals surface area contributed by atoms with Gasteiger partial charge >= 0.3 is 0 Å². The van der Waals surface area contributed by atoms with Crippen molar-refractivity contribution in [1.82, 2.24) is 14.9 Å².